The highest BCUT2D eigenvalue weighted by atomic mass is 35.5. The van der Waals surface area contributed by atoms with Crippen LogP contribution in [0.3, 0.4) is 0 Å². The Hall–Kier alpha value is -1.53. The predicted octanol–water partition coefficient (Wildman–Crippen LogP) is 2.79. The largest absolute Gasteiger partial charge is 0.463 e. The van der Waals surface area contributed by atoms with Gasteiger partial charge in [0.15, 0.2) is 27.3 Å². The minimum absolute atomic E-state index is 0.186. The number of carbonyl (C=O) groups is 1. The molecule has 1 aliphatic carbocycles. The van der Waals surface area contributed by atoms with Crippen LogP contribution in [0.25, 0.3) is 11.2 Å². The monoisotopic (exact) mass is 471 g/mol. The quantitative estimate of drug-likeness (QED) is 0.187. The summed E-state index contributed by atoms with van der Waals surface area (Å²) in [6.07, 6.45) is 0.753. The van der Waals surface area contributed by atoms with Gasteiger partial charge >= 0.3 is 5.97 Å². The second-order valence-electron chi connectivity index (χ2n) is 7.97. The lowest BCUT2D eigenvalue weighted by atomic mass is 10.2. The fraction of sp³-hybridized carbons (Fsp3) is 0.737. The SMILES string of the molecule is CCCSc1nc(Cl)c2nnn([C@@H]3C[C@H](OCCOC(C)=O)[C@H]4OC(C)(C)O[C@H]43)c2n1. The molecular weight excluding hydrogens is 446 g/mol. The van der Waals surface area contributed by atoms with Crippen molar-refractivity contribution in [3.05, 3.63) is 5.15 Å². The van der Waals surface area contributed by atoms with Crippen molar-refractivity contribution < 1.29 is 23.7 Å². The minimum Gasteiger partial charge on any atom is -0.463 e. The molecule has 2 fully saturated rings. The van der Waals surface area contributed by atoms with E-state index in [1.165, 1.54) is 6.92 Å². The smallest absolute Gasteiger partial charge is 0.302 e. The maximum Gasteiger partial charge on any atom is 0.302 e. The number of carbonyl (C=O) groups excluding carboxylic acids is 1. The highest BCUT2D eigenvalue weighted by molar-refractivity contribution is 7.99. The van der Waals surface area contributed by atoms with Gasteiger partial charge in [-0.1, -0.05) is 35.5 Å². The number of esters is 1. The maximum absolute atomic E-state index is 11.0. The molecule has 1 saturated heterocycles. The van der Waals surface area contributed by atoms with Crippen LogP contribution in [0.5, 0.6) is 0 Å². The van der Waals surface area contributed by atoms with Crippen molar-refractivity contribution in [2.75, 3.05) is 19.0 Å². The van der Waals surface area contributed by atoms with Crippen molar-refractivity contribution in [1.82, 2.24) is 25.0 Å². The number of thioether (sulfide) groups is 1. The number of rotatable bonds is 8. The van der Waals surface area contributed by atoms with E-state index in [0.29, 0.717) is 22.7 Å². The van der Waals surface area contributed by atoms with Crippen LogP contribution in [0.1, 0.15) is 46.6 Å². The molecule has 0 bridgehead atoms. The van der Waals surface area contributed by atoms with Crippen LogP contribution in [0.15, 0.2) is 5.16 Å². The Morgan fingerprint density at radius 1 is 1.29 bits per heavy atom. The van der Waals surface area contributed by atoms with Crippen molar-refractivity contribution in [1.29, 1.82) is 0 Å². The Kier molecular flexibility index (Phi) is 6.68. The maximum atomic E-state index is 11.0. The second-order valence-corrected chi connectivity index (χ2v) is 9.39. The Morgan fingerprint density at radius 3 is 2.81 bits per heavy atom. The topological polar surface area (TPSA) is 110 Å². The molecule has 10 nitrogen and oxygen atoms in total. The van der Waals surface area contributed by atoms with Crippen molar-refractivity contribution in [2.45, 2.75) is 75.8 Å². The molecule has 4 rings (SSSR count). The number of hydrogen-bond acceptors (Lipinski definition) is 10. The van der Waals surface area contributed by atoms with Crippen molar-refractivity contribution in [3.8, 4) is 0 Å². The average molecular weight is 472 g/mol. The summed E-state index contributed by atoms with van der Waals surface area (Å²) in [4.78, 5) is 20.0. The van der Waals surface area contributed by atoms with Gasteiger partial charge in [-0.3, -0.25) is 4.79 Å². The second kappa shape index (κ2) is 9.14. The first kappa shape index (κ1) is 22.7. The molecule has 0 radical (unpaired) electrons. The van der Waals surface area contributed by atoms with Crippen LogP contribution in [0, 0.1) is 0 Å². The van der Waals surface area contributed by atoms with Gasteiger partial charge in [-0.05, 0) is 20.3 Å². The van der Waals surface area contributed by atoms with Gasteiger partial charge in [0.1, 0.15) is 18.8 Å². The van der Waals surface area contributed by atoms with Crippen LogP contribution in [-0.2, 0) is 23.7 Å². The van der Waals surface area contributed by atoms with Gasteiger partial charge in [0.25, 0.3) is 0 Å². The van der Waals surface area contributed by atoms with Crippen LogP contribution < -0.4 is 0 Å². The van der Waals surface area contributed by atoms with E-state index in [2.05, 4.69) is 27.2 Å². The zero-order chi connectivity index (χ0) is 22.2. The molecule has 2 aromatic rings. The summed E-state index contributed by atoms with van der Waals surface area (Å²) in [6.45, 7) is 7.66. The van der Waals surface area contributed by atoms with Crippen LogP contribution in [-0.4, -0.2) is 74.0 Å². The Balaban J connectivity index is 1.60. The summed E-state index contributed by atoms with van der Waals surface area (Å²) in [5.41, 5.74) is 1.02. The predicted molar refractivity (Wildman–Crippen MR) is 113 cm³/mol. The van der Waals surface area contributed by atoms with Crippen LogP contribution in [0.4, 0.5) is 0 Å². The van der Waals surface area contributed by atoms with Gasteiger partial charge in [-0.15, -0.1) is 5.10 Å². The fourth-order valence-corrected chi connectivity index (χ4v) is 4.90. The van der Waals surface area contributed by atoms with E-state index in [4.69, 9.17) is 30.5 Å². The Bertz CT molecular complexity index is 957. The molecule has 0 aromatic carbocycles. The van der Waals surface area contributed by atoms with Crippen molar-refractivity contribution in [2.24, 2.45) is 0 Å². The normalized spacial score (nSPS) is 27.0. The molecule has 4 atom stereocenters. The first-order chi connectivity index (χ1) is 14.8. The fourth-order valence-electron chi connectivity index (χ4n) is 3.96. The summed E-state index contributed by atoms with van der Waals surface area (Å²) in [5, 5.41) is 9.41. The van der Waals surface area contributed by atoms with Gasteiger partial charge < -0.3 is 18.9 Å². The van der Waals surface area contributed by atoms with E-state index in [-0.39, 0.29) is 48.7 Å². The first-order valence-corrected chi connectivity index (χ1v) is 11.7. The van der Waals surface area contributed by atoms with Crippen LogP contribution >= 0.6 is 23.4 Å². The van der Waals surface area contributed by atoms with Crippen molar-refractivity contribution >= 4 is 40.5 Å². The molecule has 0 N–H and O–H groups in total. The summed E-state index contributed by atoms with van der Waals surface area (Å²) in [5.74, 6) is -0.202. The third-order valence-electron chi connectivity index (χ3n) is 5.11. The molecule has 0 amide bonds. The highest BCUT2D eigenvalue weighted by Gasteiger charge is 2.56. The van der Waals surface area contributed by atoms with Gasteiger partial charge in [0.2, 0.25) is 0 Å². The first-order valence-electron chi connectivity index (χ1n) is 10.3. The van der Waals surface area contributed by atoms with Gasteiger partial charge in [0, 0.05) is 19.1 Å². The molecule has 1 saturated carbocycles. The van der Waals surface area contributed by atoms with E-state index >= 15 is 0 Å². The van der Waals surface area contributed by atoms with Gasteiger partial charge in [0.05, 0.1) is 18.8 Å². The zero-order valence-corrected chi connectivity index (χ0v) is 19.5. The molecule has 0 spiro atoms. The molecule has 3 heterocycles. The number of nitrogens with zero attached hydrogens (tertiary/aromatic N) is 5. The number of aromatic nitrogens is 5. The lowest BCUT2D eigenvalue weighted by Crippen LogP contribution is -2.31. The molecule has 31 heavy (non-hydrogen) atoms. The molecule has 2 aliphatic rings. The summed E-state index contributed by atoms with van der Waals surface area (Å²) >= 11 is 7.90. The summed E-state index contributed by atoms with van der Waals surface area (Å²) in [7, 11) is 0. The number of ether oxygens (including phenoxy) is 4. The highest BCUT2D eigenvalue weighted by Crippen LogP contribution is 2.45. The van der Waals surface area contributed by atoms with Gasteiger partial charge in [-0.25, -0.2) is 14.6 Å². The molecule has 12 heteroatoms. The lowest BCUT2D eigenvalue weighted by molar-refractivity contribution is -0.171. The molecule has 2 aromatic heterocycles. The molecule has 170 valence electrons. The number of halogens is 1. The van der Waals surface area contributed by atoms with Crippen molar-refractivity contribution in [3.63, 3.8) is 0 Å². The standard InChI is InChI=1S/C19H26ClN5O5S/c1-5-8-31-18-21-16(20)13-17(22-18)25(24-23-13)11-9-12(28-7-6-27-10(2)26)15-14(11)29-19(3,4)30-15/h11-12,14-15H,5-9H2,1-4H3/t11-,12+,14+,15-/m1/s1. The Labute approximate surface area is 189 Å². The van der Waals surface area contributed by atoms with E-state index in [1.54, 1.807) is 16.4 Å². The summed E-state index contributed by atoms with van der Waals surface area (Å²) in [6, 6.07) is -0.203. The van der Waals surface area contributed by atoms with E-state index in [0.717, 1.165) is 12.2 Å². The van der Waals surface area contributed by atoms with E-state index < -0.39 is 5.79 Å². The minimum atomic E-state index is -0.753. The zero-order valence-electron chi connectivity index (χ0n) is 17.9. The van der Waals surface area contributed by atoms with Gasteiger partial charge in [-0.2, -0.15) is 0 Å². The number of hydrogen-bond donors (Lipinski definition) is 0. The summed E-state index contributed by atoms with van der Waals surface area (Å²) < 4.78 is 25.0. The molecule has 0 unspecified atom stereocenters. The average Bonchev–Trinajstić information content (AvgIpc) is 3.35. The van der Waals surface area contributed by atoms with Crippen LogP contribution in [0.2, 0.25) is 5.15 Å². The lowest BCUT2D eigenvalue weighted by Gasteiger charge is -2.23. The third kappa shape index (κ3) is 4.80. The third-order valence-corrected chi connectivity index (χ3v) is 6.43. The molecular formula is C19H26ClN5O5S. The van der Waals surface area contributed by atoms with E-state index in [1.807, 2.05) is 13.8 Å². The molecule has 1 aliphatic heterocycles. The Morgan fingerprint density at radius 2 is 2.06 bits per heavy atom. The van der Waals surface area contributed by atoms with E-state index in [9.17, 15) is 4.79 Å². The number of fused-ring (bicyclic) bond motifs is 2.